The molecule has 1 fully saturated rings. The van der Waals surface area contributed by atoms with Gasteiger partial charge in [-0.3, -0.25) is 9.59 Å². The van der Waals surface area contributed by atoms with Gasteiger partial charge in [-0.1, -0.05) is 36.4 Å². The van der Waals surface area contributed by atoms with Gasteiger partial charge in [0.05, 0.1) is 12.0 Å². The van der Waals surface area contributed by atoms with E-state index in [2.05, 4.69) is 9.46 Å². The van der Waals surface area contributed by atoms with Crippen molar-refractivity contribution in [2.45, 2.75) is 23.8 Å². The van der Waals surface area contributed by atoms with Gasteiger partial charge in [0.1, 0.15) is 12.6 Å². The average Bonchev–Trinajstić information content (AvgIpc) is 2.64. The van der Waals surface area contributed by atoms with Crippen molar-refractivity contribution in [1.29, 1.82) is 0 Å². The Morgan fingerprint density at radius 3 is 2.73 bits per heavy atom. The molecular formula is C18H20N2O5S. The summed E-state index contributed by atoms with van der Waals surface area (Å²) in [6.45, 7) is 0.224. The second kappa shape index (κ2) is 7.43. The second-order valence-electron chi connectivity index (χ2n) is 6.13. The Labute approximate surface area is 152 Å². The van der Waals surface area contributed by atoms with Crippen LogP contribution >= 0.6 is 0 Å². The van der Waals surface area contributed by atoms with Crippen LogP contribution in [0.4, 0.5) is 0 Å². The van der Waals surface area contributed by atoms with E-state index in [1.54, 1.807) is 18.2 Å². The van der Waals surface area contributed by atoms with Crippen LogP contribution in [0.3, 0.4) is 0 Å². The van der Waals surface area contributed by atoms with Crippen molar-refractivity contribution < 1.29 is 22.7 Å². The van der Waals surface area contributed by atoms with Gasteiger partial charge in [-0.25, -0.2) is 8.42 Å². The van der Waals surface area contributed by atoms with Gasteiger partial charge in [0.25, 0.3) is 0 Å². The third-order valence-electron chi connectivity index (χ3n) is 4.41. The first-order valence-electron chi connectivity index (χ1n) is 8.28. The van der Waals surface area contributed by atoms with Crippen LogP contribution in [0.5, 0.6) is 0 Å². The van der Waals surface area contributed by atoms with E-state index < -0.39 is 27.9 Å². The van der Waals surface area contributed by atoms with Crippen LogP contribution < -0.4 is 4.72 Å². The monoisotopic (exact) mass is 376 g/mol. The van der Waals surface area contributed by atoms with E-state index in [0.29, 0.717) is 24.8 Å². The Hall–Kier alpha value is -2.45. The quantitative estimate of drug-likeness (QED) is 0.794. The molecule has 0 saturated carbocycles. The molecule has 1 heterocycles. The molecule has 3 rings (SSSR count). The van der Waals surface area contributed by atoms with Crippen LogP contribution in [0.1, 0.15) is 12.8 Å². The molecule has 0 spiro atoms. The van der Waals surface area contributed by atoms with E-state index in [1.807, 2.05) is 18.2 Å². The molecule has 0 radical (unpaired) electrons. The topological polar surface area (TPSA) is 92.8 Å². The van der Waals surface area contributed by atoms with Crippen LogP contribution in [-0.4, -0.2) is 51.4 Å². The second-order valence-corrected chi connectivity index (χ2v) is 7.81. The number of carbonyl (C=O) groups is 2. The predicted octanol–water partition coefficient (Wildman–Crippen LogP) is 1.28. The third kappa shape index (κ3) is 3.71. The summed E-state index contributed by atoms with van der Waals surface area (Å²) < 4.78 is 32.8. The number of amides is 1. The van der Waals surface area contributed by atoms with Crippen molar-refractivity contribution in [2.75, 3.05) is 20.2 Å². The molecule has 0 unspecified atom stereocenters. The molecule has 7 nitrogen and oxygen atoms in total. The van der Waals surface area contributed by atoms with Crippen molar-refractivity contribution in [3.05, 3.63) is 42.5 Å². The highest BCUT2D eigenvalue weighted by Gasteiger charge is 2.33. The maximum atomic E-state index is 12.9. The van der Waals surface area contributed by atoms with Gasteiger partial charge in [-0.15, -0.1) is 0 Å². The minimum Gasteiger partial charge on any atom is -0.468 e. The number of hydrogen-bond donors (Lipinski definition) is 1. The number of esters is 1. The van der Waals surface area contributed by atoms with Crippen LogP contribution in [0.25, 0.3) is 10.8 Å². The van der Waals surface area contributed by atoms with Crippen molar-refractivity contribution in [3.8, 4) is 0 Å². The number of rotatable bonds is 5. The zero-order valence-electron chi connectivity index (χ0n) is 14.3. The van der Waals surface area contributed by atoms with Gasteiger partial charge in [-0.05, 0) is 24.3 Å². The number of nitrogens with one attached hydrogen (secondary N) is 1. The van der Waals surface area contributed by atoms with Crippen LogP contribution in [0, 0.1) is 0 Å². The first-order chi connectivity index (χ1) is 12.4. The summed E-state index contributed by atoms with van der Waals surface area (Å²) in [4.78, 5) is 25.4. The first-order valence-corrected chi connectivity index (χ1v) is 9.76. The number of methoxy groups -OCH3 is 1. The molecule has 8 heteroatoms. The van der Waals surface area contributed by atoms with E-state index in [-0.39, 0.29) is 11.4 Å². The van der Waals surface area contributed by atoms with Crippen LogP contribution in [0.15, 0.2) is 47.4 Å². The molecular weight excluding hydrogens is 356 g/mol. The van der Waals surface area contributed by atoms with Crippen molar-refractivity contribution in [3.63, 3.8) is 0 Å². The minimum atomic E-state index is -3.89. The number of ether oxygens (including phenoxy) is 1. The SMILES string of the molecule is COC(=O)CN1CCC[C@H](NS(=O)(=O)c2cccc3ccccc23)C1=O. The van der Waals surface area contributed by atoms with Gasteiger partial charge in [0.2, 0.25) is 15.9 Å². The molecule has 1 saturated heterocycles. The number of sulfonamides is 1. The molecule has 0 aromatic heterocycles. The molecule has 1 N–H and O–H groups in total. The Morgan fingerprint density at radius 2 is 1.96 bits per heavy atom. The van der Waals surface area contributed by atoms with Crippen LogP contribution in [0.2, 0.25) is 0 Å². The van der Waals surface area contributed by atoms with Gasteiger partial charge < -0.3 is 9.64 Å². The molecule has 2 aromatic carbocycles. The van der Waals surface area contributed by atoms with E-state index in [9.17, 15) is 18.0 Å². The lowest BCUT2D eigenvalue weighted by Gasteiger charge is -2.31. The Balaban J connectivity index is 1.84. The van der Waals surface area contributed by atoms with E-state index >= 15 is 0 Å². The highest BCUT2D eigenvalue weighted by molar-refractivity contribution is 7.89. The number of benzene rings is 2. The smallest absolute Gasteiger partial charge is 0.325 e. The van der Waals surface area contributed by atoms with E-state index in [4.69, 9.17) is 0 Å². The highest BCUT2D eigenvalue weighted by Crippen LogP contribution is 2.24. The molecule has 0 bridgehead atoms. The van der Waals surface area contributed by atoms with Gasteiger partial charge in [-0.2, -0.15) is 4.72 Å². The molecule has 0 aliphatic carbocycles. The number of fused-ring (bicyclic) bond motifs is 1. The summed E-state index contributed by atoms with van der Waals surface area (Å²) in [6.07, 6.45) is 0.992. The summed E-state index contributed by atoms with van der Waals surface area (Å²) in [6, 6.07) is 11.3. The van der Waals surface area contributed by atoms with Crippen molar-refractivity contribution in [1.82, 2.24) is 9.62 Å². The lowest BCUT2D eigenvalue weighted by atomic mass is 10.1. The molecule has 1 amide bonds. The number of carbonyl (C=O) groups excluding carboxylic acids is 2. The normalized spacial score (nSPS) is 18.1. The molecule has 1 aliphatic rings. The zero-order valence-corrected chi connectivity index (χ0v) is 15.2. The molecule has 1 atom stereocenters. The maximum Gasteiger partial charge on any atom is 0.325 e. The number of nitrogens with zero attached hydrogens (tertiary/aromatic N) is 1. The summed E-state index contributed by atoms with van der Waals surface area (Å²) in [7, 11) is -2.64. The standard InChI is InChI=1S/C18H20N2O5S/c1-25-17(21)12-20-11-5-9-15(18(20)22)19-26(23,24)16-10-4-7-13-6-2-3-8-14(13)16/h2-4,6-8,10,15,19H,5,9,11-12H2,1H3/t15-/m0/s1. The fraction of sp³-hybridized carbons (Fsp3) is 0.333. The predicted molar refractivity (Wildman–Crippen MR) is 95.9 cm³/mol. The Kier molecular flexibility index (Phi) is 5.24. The summed E-state index contributed by atoms with van der Waals surface area (Å²) in [5.41, 5.74) is 0. The summed E-state index contributed by atoms with van der Waals surface area (Å²) >= 11 is 0. The third-order valence-corrected chi connectivity index (χ3v) is 5.94. The van der Waals surface area contributed by atoms with E-state index in [0.717, 1.165) is 5.39 Å². The Bertz CT molecular complexity index is 936. The summed E-state index contributed by atoms with van der Waals surface area (Å²) in [5.74, 6) is -0.943. The number of likely N-dealkylation sites (tertiary alicyclic amines) is 1. The first kappa shape index (κ1) is 18.3. The van der Waals surface area contributed by atoms with Crippen molar-refractivity contribution in [2.24, 2.45) is 0 Å². The van der Waals surface area contributed by atoms with Gasteiger partial charge >= 0.3 is 5.97 Å². The minimum absolute atomic E-state index is 0.133. The molecule has 1 aliphatic heterocycles. The summed E-state index contributed by atoms with van der Waals surface area (Å²) in [5, 5.41) is 1.40. The lowest BCUT2D eigenvalue weighted by Crippen LogP contribution is -2.53. The molecule has 138 valence electrons. The number of hydrogen-bond acceptors (Lipinski definition) is 5. The largest absolute Gasteiger partial charge is 0.468 e. The average molecular weight is 376 g/mol. The van der Waals surface area contributed by atoms with Crippen LogP contribution in [-0.2, 0) is 24.3 Å². The molecule has 2 aromatic rings. The van der Waals surface area contributed by atoms with Gasteiger partial charge in [0, 0.05) is 11.9 Å². The Morgan fingerprint density at radius 1 is 1.23 bits per heavy atom. The highest BCUT2D eigenvalue weighted by atomic mass is 32.2. The molecule has 26 heavy (non-hydrogen) atoms. The van der Waals surface area contributed by atoms with E-state index in [1.165, 1.54) is 18.1 Å². The lowest BCUT2D eigenvalue weighted by molar-refractivity contribution is -0.148. The maximum absolute atomic E-state index is 12.9. The fourth-order valence-electron chi connectivity index (χ4n) is 3.11. The number of piperidine rings is 1. The fourth-order valence-corrected chi connectivity index (χ4v) is 4.56. The van der Waals surface area contributed by atoms with Crippen molar-refractivity contribution >= 4 is 32.7 Å². The van der Waals surface area contributed by atoms with Gasteiger partial charge in [0.15, 0.2) is 0 Å². The zero-order chi connectivity index (χ0) is 18.7.